The summed E-state index contributed by atoms with van der Waals surface area (Å²) in [6.07, 6.45) is 6.59. The van der Waals surface area contributed by atoms with Crippen LogP contribution in [0.25, 0.3) is 0 Å². The summed E-state index contributed by atoms with van der Waals surface area (Å²) in [7, 11) is 1.64. The van der Waals surface area contributed by atoms with Crippen molar-refractivity contribution in [3.8, 4) is 5.75 Å². The molecule has 1 rings (SSSR count). The average Bonchev–Trinajstić information content (AvgIpc) is 2.38. The van der Waals surface area contributed by atoms with Crippen LogP contribution in [0.4, 0.5) is 0 Å². The lowest BCUT2D eigenvalue weighted by atomic mass is 10.0. The molecule has 102 valence electrons. The van der Waals surface area contributed by atoms with E-state index in [1.807, 2.05) is 18.2 Å². The van der Waals surface area contributed by atoms with Gasteiger partial charge < -0.3 is 9.84 Å². The lowest BCUT2D eigenvalue weighted by Gasteiger charge is -2.12. The molecule has 1 N–H and O–H groups in total. The number of ether oxygens (including phenoxy) is 1. The Balaban J connectivity index is 2.41. The maximum Gasteiger partial charge on any atom is 0.133 e. The molecule has 1 unspecified atom stereocenters. The molecule has 1 atom stereocenters. The molecule has 0 aromatic heterocycles. The van der Waals surface area contributed by atoms with E-state index in [0.29, 0.717) is 0 Å². The van der Waals surface area contributed by atoms with Crippen molar-refractivity contribution in [3.63, 3.8) is 0 Å². The first-order valence-corrected chi connectivity index (χ1v) is 7.49. The third-order valence-electron chi connectivity index (χ3n) is 3.14. The van der Waals surface area contributed by atoms with Crippen molar-refractivity contribution in [1.82, 2.24) is 0 Å². The first-order chi connectivity index (χ1) is 8.69. The van der Waals surface area contributed by atoms with E-state index in [-0.39, 0.29) is 6.10 Å². The van der Waals surface area contributed by atoms with Crippen molar-refractivity contribution in [3.05, 3.63) is 28.2 Å². The van der Waals surface area contributed by atoms with Crippen molar-refractivity contribution in [2.45, 2.75) is 51.6 Å². The molecule has 3 heteroatoms. The Morgan fingerprint density at radius 1 is 1.22 bits per heavy atom. The molecule has 0 bridgehead atoms. The van der Waals surface area contributed by atoms with Gasteiger partial charge in [-0.3, -0.25) is 0 Å². The summed E-state index contributed by atoms with van der Waals surface area (Å²) in [4.78, 5) is 0. The normalized spacial score (nSPS) is 12.4. The predicted molar refractivity (Wildman–Crippen MR) is 79.0 cm³/mol. The first kappa shape index (κ1) is 15.5. The molecule has 0 aliphatic rings. The van der Waals surface area contributed by atoms with Crippen molar-refractivity contribution < 1.29 is 9.84 Å². The van der Waals surface area contributed by atoms with Crippen molar-refractivity contribution >= 4 is 15.9 Å². The van der Waals surface area contributed by atoms with Crippen LogP contribution in [0.5, 0.6) is 5.75 Å². The van der Waals surface area contributed by atoms with E-state index in [0.717, 1.165) is 28.6 Å². The van der Waals surface area contributed by atoms with E-state index in [9.17, 15) is 5.11 Å². The maximum atomic E-state index is 10.1. The van der Waals surface area contributed by atoms with Gasteiger partial charge in [0.2, 0.25) is 0 Å². The van der Waals surface area contributed by atoms with E-state index in [1.165, 1.54) is 25.7 Å². The number of aliphatic hydroxyl groups is 1. The fraction of sp³-hybridized carbons (Fsp3) is 0.600. The summed E-state index contributed by atoms with van der Waals surface area (Å²) in [5, 5.41) is 10.1. The summed E-state index contributed by atoms with van der Waals surface area (Å²) >= 11 is 3.44. The van der Waals surface area contributed by atoms with Crippen LogP contribution in [0.2, 0.25) is 0 Å². The summed E-state index contributed by atoms with van der Waals surface area (Å²) < 4.78 is 6.07. The molecule has 0 fully saturated rings. The van der Waals surface area contributed by atoms with Crippen molar-refractivity contribution in [1.29, 1.82) is 0 Å². The molecule has 0 aliphatic carbocycles. The molecular weight excluding hydrogens is 292 g/mol. The van der Waals surface area contributed by atoms with Crippen LogP contribution >= 0.6 is 15.9 Å². The molecule has 0 saturated heterocycles. The zero-order valence-corrected chi connectivity index (χ0v) is 12.9. The Labute approximate surface area is 118 Å². The molecule has 0 heterocycles. The summed E-state index contributed by atoms with van der Waals surface area (Å²) in [6.45, 7) is 2.21. The Kier molecular flexibility index (Phi) is 7.36. The quantitative estimate of drug-likeness (QED) is 0.695. The van der Waals surface area contributed by atoms with E-state index < -0.39 is 0 Å². The molecule has 0 amide bonds. The Hall–Kier alpha value is -0.540. The smallest absolute Gasteiger partial charge is 0.133 e. The maximum absolute atomic E-state index is 10.1. The Bertz CT molecular complexity index is 352. The lowest BCUT2D eigenvalue weighted by Crippen LogP contribution is -1.98. The van der Waals surface area contributed by atoms with Crippen LogP contribution in [-0.4, -0.2) is 12.2 Å². The van der Waals surface area contributed by atoms with Gasteiger partial charge in [-0.05, 0) is 40.0 Å². The van der Waals surface area contributed by atoms with Gasteiger partial charge in [-0.25, -0.2) is 0 Å². The van der Waals surface area contributed by atoms with E-state index in [1.54, 1.807) is 7.11 Å². The van der Waals surface area contributed by atoms with Crippen LogP contribution < -0.4 is 4.74 Å². The van der Waals surface area contributed by atoms with Gasteiger partial charge >= 0.3 is 0 Å². The fourth-order valence-electron chi connectivity index (χ4n) is 2.00. The second-order valence-corrected chi connectivity index (χ2v) is 5.47. The summed E-state index contributed by atoms with van der Waals surface area (Å²) in [5.41, 5.74) is 0.957. The van der Waals surface area contributed by atoms with Crippen molar-refractivity contribution in [2.75, 3.05) is 7.11 Å². The zero-order valence-electron chi connectivity index (χ0n) is 11.3. The zero-order chi connectivity index (χ0) is 13.4. The molecule has 0 radical (unpaired) electrons. The minimum atomic E-state index is -0.367. The van der Waals surface area contributed by atoms with Gasteiger partial charge in [-0.15, -0.1) is 0 Å². The van der Waals surface area contributed by atoms with Crippen LogP contribution in [0.15, 0.2) is 22.7 Å². The summed E-state index contributed by atoms with van der Waals surface area (Å²) in [5.74, 6) is 0.800. The molecule has 18 heavy (non-hydrogen) atoms. The van der Waals surface area contributed by atoms with Gasteiger partial charge in [-0.1, -0.05) is 45.1 Å². The second-order valence-electron chi connectivity index (χ2n) is 4.61. The molecule has 0 saturated carbocycles. The minimum Gasteiger partial charge on any atom is -0.496 e. The van der Waals surface area contributed by atoms with Gasteiger partial charge in [0.05, 0.1) is 17.7 Å². The largest absolute Gasteiger partial charge is 0.496 e. The molecule has 1 aromatic carbocycles. The number of hydrogen-bond donors (Lipinski definition) is 1. The van der Waals surface area contributed by atoms with Crippen LogP contribution in [0, 0.1) is 0 Å². The van der Waals surface area contributed by atoms with Gasteiger partial charge in [0.1, 0.15) is 5.75 Å². The van der Waals surface area contributed by atoms with Crippen LogP contribution in [0.3, 0.4) is 0 Å². The van der Waals surface area contributed by atoms with Gasteiger partial charge in [-0.2, -0.15) is 0 Å². The second kappa shape index (κ2) is 8.54. The third-order valence-corrected chi connectivity index (χ3v) is 3.76. The molecular formula is C15H23BrO2. The van der Waals surface area contributed by atoms with E-state index in [4.69, 9.17) is 4.74 Å². The lowest BCUT2D eigenvalue weighted by molar-refractivity contribution is 0.163. The molecule has 1 aromatic rings. The number of benzene rings is 1. The predicted octanol–water partition coefficient (Wildman–Crippen LogP) is 4.85. The van der Waals surface area contributed by atoms with Gasteiger partial charge in [0, 0.05) is 0 Å². The molecule has 0 spiro atoms. The Morgan fingerprint density at radius 3 is 2.56 bits per heavy atom. The minimum absolute atomic E-state index is 0.367. The van der Waals surface area contributed by atoms with E-state index in [2.05, 4.69) is 22.9 Å². The number of methoxy groups -OCH3 is 1. The van der Waals surface area contributed by atoms with Crippen LogP contribution in [-0.2, 0) is 0 Å². The molecule has 2 nitrogen and oxygen atoms in total. The number of hydrogen-bond acceptors (Lipinski definition) is 2. The van der Waals surface area contributed by atoms with Crippen molar-refractivity contribution in [2.24, 2.45) is 0 Å². The van der Waals surface area contributed by atoms with Gasteiger partial charge in [0.15, 0.2) is 0 Å². The standard InChI is InChI=1S/C15H23BrO2/c1-3-4-5-6-7-8-14(17)12-9-10-15(18-2)13(16)11-12/h9-11,14,17H,3-8H2,1-2H3. The number of halogens is 1. The molecule has 0 aliphatic heterocycles. The SMILES string of the molecule is CCCCCCCC(O)c1ccc(OC)c(Br)c1. The third kappa shape index (κ3) is 4.99. The highest BCUT2D eigenvalue weighted by Crippen LogP contribution is 2.29. The monoisotopic (exact) mass is 314 g/mol. The number of aliphatic hydroxyl groups excluding tert-OH is 1. The highest BCUT2D eigenvalue weighted by Gasteiger charge is 2.09. The van der Waals surface area contributed by atoms with E-state index >= 15 is 0 Å². The van der Waals surface area contributed by atoms with Gasteiger partial charge in [0.25, 0.3) is 0 Å². The highest BCUT2D eigenvalue weighted by molar-refractivity contribution is 9.10. The topological polar surface area (TPSA) is 29.5 Å². The first-order valence-electron chi connectivity index (χ1n) is 6.70. The number of unbranched alkanes of at least 4 members (excludes halogenated alkanes) is 4. The highest BCUT2D eigenvalue weighted by atomic mass is 79.9. The number of rotatable bonds is 8. The summed E-state index contributed by atoms with van der Waals surface area (Å²) in [6, 6.07) is 5.76. The average molecular weight is 315 g/mol. The van der Waals surface area contributed by atoms with Crippen LogP contribution in [0.1, 0.15) is 57.1 Å². The Morgan fingerprint density at radius 2 is 1.94 bits per heavy atom. The fourth-order valence-corrected chi connectivity index (χ4v) is 2.56.